The minimum Gasteiger partial charge on any atom is -0.270 e. The predicted molar refractivity (Wildman–Crippen MR) is 63.5 cm³/mol. The smallest absolute Gasteiger partial charge is 0.235 e. The van der Waals surface area contributed by atoms with Crippen molar-refractivity contribution < 1.29 is 8.42 Å². The summed E-state index contributed by atoms with van der Waals surface area (Å²) in [5.74, 6) is 0.280. The van der Waals surface area contributed by atoms with Gasteiger partial charge in [0.1, 0.15) is 0 Å². The van der Waals surface area contributed by atoms with E-state index in [9.17, 15) is 8.42 Å². The lowest BCUT2D eigenvalue weighted by molar-refractivity contribution is 0.599. The summed E-state index contributed by atoms with van der Waals surface area (Å²) >= 11 is 0. The zero-order chi connectivity index (χ0) is 11.3. The molecule has 0 aromatic heterocycles. The first-order valence-corrected chi connectivity index (χ1v) is 6.86. The fourth-order valence-electron chi connectivity index (χ4n) is 1.52. The summed E-state index contributed by atoms with van der Waals surface area (Å²) in [6.07, 6.45) is 0.733. The highest BCUT2D eigenvalue weighted by Crippen LogP contribution is 2.22. The topological polar surface area (TPSA) is 37.4 Å². The van der Waals surface area contributed by atoms with E-state index in [1.807, 2.05) is 44.2 Å². The second kappa shape index (κ2) is 5.16. The number of hydrogen-bond acceptors (Lipinski definition) is 2. The molecule has 1 aliphatic rings. The average Bonchev–Trinajstić information content (AvgIpc) is 2.62. The number of sulfonamides is 1. The first kappa shape index (κ1) is 12.0. The molecule has 0 aliphatic carbocycles. The maximum Gasteiger partial charge on any atom is 0.235 e. The zero-order valence-corrected chi connectivity index (χ0v) is 10.00. The molecule has 84 valence electrons. The molecule has 1 aromatic carbocycles. The van der Waals surface area contributed by atoms with Crippen molar-refractivity contribution in [3.05, 3.63) is 30.3 Å². The van der Waals surface area contributed by atoms with Crippen LogP contribution >= 0.6 is 0 Å². The minimum atomic E-state index is -3.01. The van der Waals surface area contributed by atoms with Crippen molar-refractivity contribution in [3.63, 3.8) is 0 Å². The highest BCUT2D eigenvalue weighted by Gasteiger charge is 2.27. The van der Waals surface area contributed by atoms with Gasteiger partial charge in [-0.1, -0.05) is 32.0 Å². The van der Waals surface area contributed by atoms with Gasteiger partial charge in [-0.15, -0.1) is 0 Å². The summed E-state index contributed by atoms with van der Waals surface area (Å²) in [5.41, 5.74) is 0.778. The van der Waals surface area contributed by atoms with Gasteiger partial charge in [0, 0.05) is 6.54 Å². The molecular formula is C11H17NO2S. The molecule has 0 radical (unpaired) electrons. The molecule has 15 heavy (non-hydrogen) atoms. The molecule has 4 heteroatoms. The molecule has 1 aromatic rings. The SMILES string of the molecule is CC.O=S1(=O)CCCN1c1ccccc1. The van der Waals surface area contributed by atoms with E-state index in [0.717, 1.165) is 12.1 Å². The van der Waals surface area contributed by atoms with Crippen molar-refractivity contribution in [2.45, 2.75) is 20.3 Å². The molecule has 0 amide bonds. The van der Waals surface area contributed by atoms with E-state index in [0.29, 0.717) is 6.54 Å². The summed E-state index contributed by atoms with van der Waals surface area (Å²) in [7, 11) is -3.01. The fourth-order valence-corrected chi connectivity index (χ4v) is 3.09. The second-order valence-electron chi connectivity index (χ2n) is 3.08. The molecular weight excluding hydrogens is 210 g/mol. The van der Waals surface area contributed by atoms with Crippen LogP contribution in [-0.2, 0) is 10.0 Å². The maximum absolute atomic E-state index is 11.5. The van der Waals surface area contributed by atoms with Crippen LogP contribution in [0.25, 0.3) is 0 Å². The molecule has 3 nitrogen and oxygen atoms in total. The lowest BCUT2D eigenvalue weighted by Crippen LogP contribution is -2.24. The van der Waals surface area contributed by atoms with Crippen LogP contribution in [0.15, 0.2) is 30.3 Å². The van der Waals surface area contributed by atoms with Crippen molar-refractivity contribution in [1.29, 1.82) is 0 Å². The second-order valence-corrected chi connectivity index (χ2v) is 5.09. The lowest BCUT2D eigenvalue weighted by Gasteiger charge is -2.15. The number of nitrogens with zero attached hydrogens (tertiary/aromatic N) is 1. The van der Waals surface area contributed by atoms with Crippen molar-refractivity contribution in [1.82, 2.24) is 0 Å². The summed E-state index contributed by atoms with van der Waals surface area (Å²) in [6.45, 7) is 4.62. The summed E-state index contributed by atoms with van der Waals surface area (Å²) in [5, 5.41) is 0. The summed E-state index contributed by atoms with van der Waals surface area (Å²) in [4.78, 5) is 0. The predicted octanol–water partition coefficient (Wildman–Crippen LogP) is 2.25. The number of rotatable bonds is 1. The Hall–Kier alpha value is -1.03. The van der Waals surface area contributed by atoms with Gasteiger partial charge in [-0.3, -0.25) is 4.31 Å². The monoisotopic (exact) mass is 227 g/mol. The fraction of sp³-hybridized carbons (Fsp3) is 0.455. The molecule has 2 rings (SSSR count). The van der Waals surface area contributed by atoms with Gasteiger partial charge in [0.15, 0.2) is 0 Å². The standard InChI is InChI=1S/C9H11NO2S.C2H6/c11-13(12)8-4-7-10(13)9-5-2-1-3-6-9;1-2/h1-3,5-6H,4,7-8H2;1-2H3. The Morgan fingerprint density at radius 1 is 1.13 bits per heavy atom. The van der Waals surface area contributed by atoms with Crippen LogP contribution in [-0.4, -0.2) is 20.7 Å². The molecule has 0 N–H and O–H groups in total. The molecule has 0 saturated carbocycles. The number of anilines is 1. The Balaban J connectivity index is 0.000000531. The van der Waals surface area contributed by atoms with Crippen molar-refractivity contribution in [2.24, 2.45) is 0 Å². The quantitative estimate of drug-likeness (QED) is 0.738. The largest absolute Gasteiger partial charge is 0.270 e. The van der Waals surface area contributed by atoms with Gasteiger partial charge < -0.3 is 0 Å². The van der Waals surface area contributed by atoms with Crippen LogP contribution in [0.5, 0.6) is 0 Å². The van der Waals surface area contributed by atoms with E-state index in [1.165, 1.54) is 4.31 Å². The van der Waals surface area contributed by atoms with E-state index in [-0.39, 0.29) is 5.75 Å². The average molecular weight is 227 g/mol. The molecule has 1 aliphatic heterocycles. The molecule has 1 saturated heterocycles. The van der Waals surface area contributed by atoms with Crippen molar-refractivity contribution in [3.8, 4) is 0 Å². The summed E-state index contributed by atoms with van der Waals surface area (Å²) in [6, 6.07) is 9.23. The van der Waals surface area contributed by atoms with Crippen LogP contribution in [0.3, 0.4) is 0 Å². The Morgan fingerprint density at radius 3 is 2.20 bits per heavy atom. The van der Waals surface area contributed by atoms with Gasteiger partial charge in [0.2, 0.25) is 10.0 Å². The van der Waals surface area contributed by atoms with Crippen LogP contribution in [0.2, 0.25) is 0 Å². The summed E-state index contributed by atoms with van der Waals surface area (Å²) < 4.78 is 24.5. The number of para-hydroxylation sites is 1. The van der Waals surface area contributed by atoms with Crippen molar-refractivity contribution >= 4 is 15.7 Å². The van der Waals surface area contributed by atoms with Gasteiger partial charge in [-0.05, 0) is 18.6 Å². The van der Waals surface area contributed by atoms with E-state index in [4.69, 9.17) is 0 Å². The Bertz CT molecular complexity index is 386. The molecule has 0 unspecified atom stereocenters. The maximum atomic E-state index is 11.5. The highest BCUT2D eigenvalue weighted by molar-refractivity contribution is 7.93. The first-order valence-electron chi connectivity index (χ1n) is 5.26. The van der Waals surface area contributed by atoms with E-state index >= 15 is 0 Å². The molecule has 0 atom stereocenters. The van der Waals surface area contributed by atoms with Gasteiger partial charge in [-0.2, -0.15) is 0 Å². The van der Waals surface area contributed by atoms with E-state index in [2.05, 4.69) is 0 Å². The van der Waals surface area contributed by atoms with E-state index < -0.39 is 10.0 Å². The highest BCUT2D eigenvalue weighted by atomic mass is 32.2. The molecule has 1 heterocycles. The van der Waals surface area contributed by atoms with Crippen LogP contribution < -0.4 is 4.31 Å². The van der Waals surface area contributed by atoms with Crippen LogP contribution in [0.4, 0.5) is 5.69 Å². The third-order valence-corrected chi connectivity index (χ3v) is 4.01. The van der Waals surface area contributed by atoms with Crippen LogP contribution in [0.1, 0.15) is 20.3 Å². The normalized spacial score (nSPS) is 18.1. The number of benzene rings is 1. The molecule has 0 bridgehead atoms. The zero-order valence-electron chi connectivity index (χ0n) is 9.18. The van der Waals surface area contributed by atoms with Gasteiger partial charge in [0.25, 0.3) is 0 Å². The number of hydrogen-bond donors (Lipinski definition) is 0. The van der Waals surface area contributed by atoms with Gasteiger partial charge in [0.05, 0.1) is 11.4 Å². The third kappa shape index (κ3) is 2.72. The Labute approximate surface area is 91.8 Å². The van der Waals surface area contributed by atoms with Gasteiger partial charge in [-0.25, -0.2) is 8.42 Å². The molecule has 1 fully saturated rings. The Kier molecular flexibility index (Phi) is 4.15. The third-order valence-electron chi connectivity index (χ3n) is 2.14. The Morgan fingerprint density at radius 2 is 1.73 bits per heavy atom. The first-order chi connectivity index (χ1) is 7.20. The van der Waals surface area contributed by atoms with Gasteiger partial charge >= 0.3 is 0 Å². The minimum absolute atomic E-state index is 0.280. The van der Waals surface area contributed by atoms with Crippen LogP contribution in [0, 0.1) is 0 Å². The molecule has 0 spiro atoms. The van der Waals surface area contributed by atoms with Crippen molar-refractivity contribution in [2.75, 3.05) is 16.6 Å². The lowest BCUT2D eigenvalue weighted by atomic mass is 10.3. The van der Waals surface area contributed by atoms with E-state index in [1.54, 1.807) is 0 Å².